The molecule has 5 heteroatoms. The van der Waals surface area contributed by atoms with Gasteiger partial charge in [0, 0.05) is 12.7 Å². The number of aromatic nitrogens is 2. The van der Waals surface area contributed by atoms with Gasteiger partial charge in [0.1, 0.15) is 5.82 Å². The molecule has 2 N–H and O–H groups in total. The SMILES string of the molecule is CC(C)(C#N)c1cc(N)nn1[C@H]1CCOC1. The lowest BCUT2D eigenvalue weighted by Crippen LogP contribution is -2.23. The summed E-state index contributed by atoms with van der Waals surface area (Å²) in [5.41, 5.74) is 6.00. The number of hydrogen-bond donors (Lipinski definition) is 1. The van der Waals surface area contributed by atoms with E-state index in [0.717, 1.165) is 18.7 Å². The molecule has 2 heterocycles. The molecule has 0 aliphatic carbocycles. The lowest BCUT2D eigenvalue weighted by atomic mass is 9.91. The van der Waals surface area contributed by atoms with Gasteiger partial charge in [-0.15, -0.1) is 0 Å². The Morgan fingerprint density at radius 1 is 1.69 bits per heavy atom. The molecule has 1 aromatic rings. The van der Waals surface area contributed by atoms with Gasteiger partial charge in [-0.1, -0.05) is 0 Å². The van der Waals surface area contributed by atoms with Crippen LogP contribution in [0.25, 0.3) is 0 Å². The van der Waals surface area contributed by atoms with E-state index in [2.05, 4.69) is 11.2 Å². The predicted octanol–water partition coefficient (Wildman–Crippen LogP) is 1.23. The summed E-state index contributed by atoms with van der Waals surface area (Å²) in [6.45, 7) is 5.14. The van der Waals surface area contributed by atoms with Gasteiger partial charge in [-0.2, -0.15) is 10.4 Å². The number of nitrogens with two attached hydrogens (primary N) is 1. The molecule has 1 atom stereocenters. The quantitative estimate of drug-likeness (QED) is 0.813. The molecule has 86 valence electrons. The maximum absolute atomic E-state index is 9.16. The van der Waals surface area contributed by atoms with Crippen LogP contribution in [-0.2, 0) is 10.2 Å². The normalized spacial score (nSPS) is 20.9. The first-order chi connectivity index (χ1) is 7.54. The number of nitriles is 1. The molecule has 0 radical (unpaired) electrons. The van der Waals surface area contributed by atoms with Crippen LogP contribution in [-0.4, -0.2) is 23.0 Å². The molecule has 0 amide bonds. The van der Waals surface area contributed by atoms with Gasteiger partial charge in [-0.25, -0.2) is 0 Å². The van der Waals surface area contributed by atoms with Crippen molar-refractivity contribution in [3.05, 3.63) is 11.8 Å². The molecule has 0 bridgehead atoms. The Labute approximate surface area is 94.8 Å². The zero-order valence-electron chi connectivity index (χ0n) is 9.60. The molecule has 0 spiro atoms. The molecule has 1 fully saturated rings. The summed E-state index contributed by atoms with van der Waals surface area (Å²) in [4.78, 5) is 0. The van der Waals surface area contributed by atoms with E-state index in [1.165, 1.54) is 0 Å². The minimum Gasteiger partial charge on any atom is -0.382 e. The summed E-state index contributed by atoms with van der Waals surface area (Å²) in [7, 11) is 0. The van der Waals surface area contributed by atoms with Crippen molar-refractivity contribution in [2.75, 3.05) is 18.9 Å². The highest BCUT2D eigenvalue weighted by atomic mass is 16.5. The Morgan fingerprint density at radius 2 is 2.44 bits per heavy atom. The van der Waals surface area contributed by atoms with Gasteiger partial charge in [0.2, 0.25) is 0 Å². The van der Waals surface area contributed by atoms with Gasteiger partial charge in [-0.05, 0) is 20.3 Å². The summed E-state index contributed by atoms with van der Waals surface area (Å²) >= 11 is 0. The minimum absolute atomic E-state index is 0.208. The van der Waals surface area contributed by atoms with Crippen molar-refractivity contribution in [1.29, 1.82) is 5.26 Å². The Morgan fingerprint density at radius 3 is 3.00 bits per heavy atom. The van der Waals surface area contributed by atoms with Crippen LogP contribution in [0.5, 0.6) is 0 Å². The number of nitrogen functional groups attached to an aromatic ring is 1. The third kappa shape index (κ3) is 1.76. The van der Waals surface area contributed by atoms with Crippen LogP contribution in [0, 0.1) is 11.3 Å². The molecule has 1 aliphatic rings. The van der Waals surface area contributed by atoms with E-state index in [1.807, 2.05) is 18.5 Å². The van der Waals surface area contributed by atoms with Gasteiger partial charge in [0.25, 0.3) is 0 Å². The Balaban J connectivity index is 2.41. The first-order valence-corrected chi connectivity index (χ1v) is 5.39. The molecule has 0 saturated carbocycles. The largest absolute Gasteiger partial charge is 0.382 e. The number of anilines is 1. The summed E-state index contributed by atoms with van der Waals surface area (Å²) in [6, 6.07) is 4.27. The Bertz CT molecular complexity index is 424. The van der Waals surface area contributed by atoms with E-state index < -0.39 is 5.41 Å². The third-order valence-electron chi connectivity index (χ3n) is 2.93. The first-order valence-electron chi connectivity index (χ1n) is 5.39. The van der Waals surface area contributed by atoms with Gasteiger partial charge in [0.05, 0.1) is 29.8 Å². The summed E-state index contributed by atoms with van der Waals surface area (Å²) in [5, 5.41) is 13.4. The lowest BCUT2D eigenvalue weighted by Gasteiger charge is -2.20. The molecule has 16 heavy (non-hydrogen) atoms. The number of ether oxygens (including phenoxy) is 1. The second kappa shape index (κ2) is 3.80. The standard InChI is InChI=1S/C11H16N4O/c1-11(2,7-12)9-5-10(13)14-15(9)8-3-4-16-6-8/h5,8H,3-4,6H2,1-2H3,(H2,13,14)/t8-/m0/s1. The number of rotatable bonds is 2. The third-order valence-corrected chi connectivity index (χ3v) is 2.93. The fourth-order valence-electron chi connectivity index (χ4n) is 1.93. The molecule has 1 saturated heterocycles. The van der Waals surface area contributed by atoms with Crippen molar-refractivity contribution in [2.24, 2.45) is 0 Å². The van der Waals surface area contributed by atoms with Crippen LogP contribution in [0.4, 0.5) is 5.82 Å². The van der Waals surface area contributed by atoms with Crippen LogP contribution in [0.15, 0.2) is 6.07 Å². The van der Waals surface area contributed by atoms with Crippen LogP contribution in [0.1, 0.15) is 32.0 Å². The topological polar surface area (TPSA) is 76.9 Å². The maximum atomic E-state index is 9.16. The second-order valence-corrected chi connectivity index (χ2v) is 4.65. The Kier molecular flexibility index (Phi) is 2.60. The van der Waals surface area contributed by atoms with E-state index >= 15 is 0 Å². The minimum atomic E-state index is -0.576. The van der Waals surface area contributed by atoms with E-state index in [-0.39, 0.29) is 6.04 Å². The first kappa shape index (κ1) is 11.0. The zero-order valence-corrected chi connectivity index (χ0v) is 9.60. The van der Waals surface area contributed by atoms with Crippen molar-refractivity contribution in [3.63, 3.8) is 0 Å². The Hall–Kier alpha value is -1.54. The summed E-state index contributed by atoms with van der Waals surface area (Å²) < 4.78 is 7.19. The molecular formula is C11H16N4O. The fourth-order valence-corrected chi connectivity index (χ4v) is 1.93. The monoisotopic (exact) mass is 220 g/mol. The van der Waals surface area contributed by atoms with Crippen molar-refractivity contribution in [3.8, 4) is 6.07 Å². The summed E-state index contributed by atoms with van der Waals surface area (Å²) in [5.74, 6) is 0.463. The molecule has 1 aliphatic heterocycles. The van der Waals surface area contributed by atoms with E-state index in [4.69, 9.17) is 15.7 Å². The van der Waals surface area contributed by atoms with Crippen LogP contribution in [0.3, 0.4) is 0 Å². The second-order valence-electron chi connectivity index (χ2n) is 4.65. The van der Waals surface area contributed by atoms with Crippen LogP contribution < -0.4 is 5.73 Å². The molecule has 1 aromatic heterocycles. The molecule has 5 nitrogen and oxygen atoms in total. The average molecular weight is 220 g/mol. The van der Waals surface area contributed by atoms with Gasteiger partial charge >= 0.3 is 0 Å². The van der Waals surface area contributed by atoms with Crippen molar-refractivity contribution >= 4 is 5.82 Å². The molecule has 0 unspecified atom stereocenters. The zero-order chi connectivity index (χ0) is 11.8. The fraction of sp³-hybridized carbons (Fsp3) is 0.636. The highest BCUT2D eigenvalue weighted by Gasteiger charge is 2.30. The van der Waals surface area contributed by atoms with E-state index in [0.29, 0.717) is 12.4 Å². The van der Waals surface area contributed by atoms with Crippen LogP contribution >= 0.6 is 0 Å². The van der Waals surface area contributed by atoms with Gasteiger partial charge in [-0.3, -0.25) is 4.68 Å². The maximum Gasteiger partial charge on any atom is 0.145 e. The van der Waals surface area contributed by atoms with Crippen molar-refractivity contribution in [2.45, 2.75) is 31.7 Å². The highest BCUT2D eigenvalue weighted by molar-refractivity contribution is 5.36. The number of nitrogens with zero attached hydrogens (tertiary/aromatic N) is 3. The van der Waals surface area contributed by atoms with Crippen molar-refractivity contribution < 1.29 is 4.74 Å². The predicted molar refractivity (Wildman–Crippen MR) is 59.8 cm³/mol. The average Bonchev–Trinajstić information content (AvgIpc) is 2.85. The smallest absolute Gasteiger partial charge is 0.145 e. The molecule has 2 rings (SSSR count). The molecular weight excluding hydrogens is 204 g/mol. The van der Waals surface area contributed by atoms with E-state index in [1.54, 1.807) is 6.07 Å². The van der Waals surface area contributed by atoms with E-state index in [9.17, 15) is 0 Å². The molecule has 0 aromatic carbocycles. The van der Waals surface area contributed by atoms with Gasteiger partial charge in [0.15, 0.2) is 0 Å². The summed E-state index contributed by atoms with van der Waals surface area (Å²) in [6.07, 6.45) is 0.926. The van der Waals surface area contributed by atoms with Crippen molar-refractivity contribution in [1.82, 2.24) is 9.78 Å². The lowest BCUT2D eigenvalue weighted by molar-refractivity contribution is 0.183. The van der Waals surface area contributed by atoms with Crippen LogP contribution in [0.2, 0.25) is 0 Å². The number of hydrogen-bond acceptors (Lipinski definition) is 4. The van der Waals surface area contributed by atoms with Gasteiger partial charge < -0.3 is 10.5 Å². The highest BCUT2D eigenvalue weighted by Crippen LogP contribution is 2.29.